The number of nitriles is 1. The van der Waals surface area contributed by atoms with E-state index in [4.69, 9.17) is 37.2 Å². The van der Waals surface area contributed by atoms with Gasteiger partial charge in [-0.1, -0.05) is 47.6 Å². The van der Waals surface area contributed by atoms with Gasteiger partial charge in [0.2, 0.25) is 0 Å². The standard InChI is InChI=1S/C31H31ClN6O3S2/c32-22-7-3-21(4-8-22)30-36-23(18-42-30)19-43-31-26(16-34)28(25(15-33)29(37-31)38-11-1-2-12-38)20-5-9-24(10-6-20)40-13-14-41-27(39)17-35/h3-10,16,18,30,34,36H,1-2,11-14,17,19,35H2. The largest absolute Gasteiger partial charge is 0.490 e. The highest BCUT2D eigenvalue weighted by atomic mass is 35.5. The number of rotatable bonds is 12. The Morgan fingerprint density at radius 1 is 1.21 bits per heavy atom. The Bertz CT molecular complexity index is 1540. The summed E-state index contributed by atoms with van der Waals surface area (Å²) in [6, 6.07) is 17.6. The van der Waals surface area contributed by atoms with Crippen molar-refractivity contribution in [3.63, 3.8) is 0 Å². The van der Waals surface area contributed by atoms with Gasteiger partial charge in [-0.15, -0.1) is 11.8 Å². The van der Waals surface area contributed by atoms with Crippen LogP contribution in [0.2, 0.25) is 5.02 Å². The Morgan fingerprint density at radius 2 is 1.95 bits per heavy atom. The number of anilines is 1. The molecule has 3 aromatic rings. The molecule has 5 rings (SSSR count). The van der Waals surface area contributed by atoms with Crippen LogP contribution in [-0.2, 0) is 9.53 Å². The maximum Gasteiger partial charge on any atom is 0.319 e. The van der Waals surface area contributed by atoms with E-state index in [2.05, 4.69) is 21.7 Å². The molecule has 2 aliphatic heterocycles. The van der Waals surface area contributed by atoms with Crippen LogP contribution in [0.3, 0.4) is 0 Å². The fourth-order valence-electron chi connectivity index (χ4n) is 4.87. The van der Waals surface area contributed by atoms with Crippen molar-refractivity contribution in [3.8, 4) is 22.9 Å². The molecular formula is C31H31ClN6O3S2. The molecule has 1 unspecified atom stereocenters. The molecule has 0 amide bonds. The van der Waals surface area contributed by atoms with Gasteiger partial charge in [-0.25, -0.2) is 4.98 Å². The number of aromatic nitrogens is 1. The topological polar surface area (TPSA) is 137 Å². The van der Waals surface area contributed by atoms with Gasteiger partial charge in [-0.05, 0) is 53.6 Å². The summed E-state index contributed by atoms with van der Waals surface area (Å²) < 4.78 is 10.7. The number of halogens is 1. The molecule has 3 heterocycles. The molecule has 9 nitrogen and oxygen atoms in total. The first-order valence-corrected chi connectivity index (χ1v) is 16.1. The van der Waals surface area contributed by atoms with E-state index in [0.717, 1.165) is 42.8 Å². The number of thioether (sulfide) groups is 2. The summed E-state index contributed by atoms with van der Waals surface area (Å²) in [5.74, 6) is 1.41. The minimum atomic E-state index is -0.484. The van der Waals surface area contributed by atoms with Crippen molar-refractivity contribution in [2.75, 3.05) is 43.5 Å². The maximum atomic E-state index is 11.2. The van der Waals surface area contributed by atoms with Gasteiger partial charge < -0.3 is 30.8 Å². The lowest BCUT2D eigenvalue weighted by atomic mass is 9.96. The monoisotopic (exact) mass is 634 g/mol. The number of pyridine rings is 1. The van der Waals surface area contributed by atoms with E-state index in [1.807, 2.05) is 36.4 Å². The van der Waals surface area contributed by atoms with E-state index in [-0.39, 0.29) is 25.1 Å². The number of ether oxygens (including phenoxy) is 2. The molecular weight excluding hydrogens is 604 g/mol. The van der Waals surface area contributed by atoms with Crippen LogP contribution < -0.4 is 20.7 Å². The molecule has 1 fully saturated rings. The molecule has 222 valence electrons. The van der Waals surface area contributed by atoms with Crippen LogP contribution in [0.1, 0.15) is 34.9 Å². The zero-order chi connectivity index (χ0) is 30.2. The van der Waals surface area contributed by atoms with E-state index in [1.54, 1.807) is 35.7 Å². The lowest BCUT2D eigenvalue weighted by Gasteiger charge is -2.23. The Labute approximate surface area is 264 Å². The number of carbonyl (C=O) groups is 1. The third-order valence-electron chi connectivity index (χ3n) is 6.97. The van der Waals surface area contributed by atoms with Gasteiger partial charge in [-0.2, -0.15) is 5.26 Å². The normalized spacial score (nSPS) is 15.9. The van der Waals surface area contributed by atoms with E-state index < -0.39 is 5.97 Å². The van der Waals surface area contributed by atoms with Crippen molar-refractivity contribution >= 4 is 53.1 Å². The number of carbonyl (C=O) groups excluding carboxylic acids is 1. The summed E-state index contributed by atoms with van der Waals surface area (Å²) in [5.41, 5.74) is 10.0. The second kappa shape index (κ2) is 14.7. The van der Waals surface area contributed by atoms with Crippen molar-refractivity contribution in [3.05, 3.63) is 81.3 Å². The third kappa shape index (κ3) is 7.46. The van der Waals surface area contributed by atoms with Crippen LogP contribution in [0, 0.1) is 16.7 Å². The van der Waals surface area contributed by atoms with Gasteiger partial charge >= 0.3 is 5.97 Å². The summed E-state index contributed by atoms with van der Waals surface area (Å²) in [5, 5.41) is 25.9. The molecule has 1 atom stereocenters. The van der Waals surface area contributed by atoms with Crippen LogP contribution in [0.5, 0.6) is 5.75 Å². The molecule has 0 radical (unpaired) electrons. The number of benzene rings is 2. The smallest absolute Gasteiger partial charge is 0.319 e. The van der Waals surface area contributed by atoms with Gasteiger partial charge in [0, 0.05) is 46.9 Å². The first kappa shape index (κ1) is 30.8. The first-order valence-electron chi connectivity index (χ1n) is 13.8. The number of nitrogens with one attached hydrogen (secondary N) is 2. The number of hydrogen-bond donors (Lipinski definition) is 3. The SMILES string of the molecule is N#Cc1c(N2CCCC2)nc(SCC2=CSC(c3ccc(Cl)cc3)N2)c(C=N)c1-c1ccc(OCCOC(=O)CN)cc1. The van der Waals surface area contributed by atoms with Crippen molar-refractivity contribution in [2.24, 2.45) is 5.73 Å². The van der Waals surface area contributed by atoms with Crippen LogP contribution in [0.4, 0.5) is 5.82 Å². The number of nitrogens with zero attached hydrogens (tertiary/aromatic N) is 3. The lowest BCUT2D eigenvalue weighted by molar-refractivity contribution is -0.142. The van der Waals surface area contributed by atoms with E-state index >= 15 is 0 Å². The minimum Gasteiger partial charge on any atom is -0.490 e. The Kier molecular flexibility index (Phi) is 10.5. The van der Waals surface area contributed by atoms with Gasteiger partial charge in [0.05, 0.1) is 6.54 Å². The molecule has 0 saturated carbocycles. The summed E-state index contributed by atoms with van der Waals surface area (Å²) >= 11 is 9.32. The zero-order valence-corrected chi connectivity index (χ0v) is 25.7. The lowest BCUT2D eigenvalue weighted by Crippen LogP contribution is -2.22. The van der Waals surface area contributed by atoms with Crippen molar-refractivity contribution in [1.29, 1.82) is 10.7 Å². The zero-order valence-electron chi connectivity index (χ0n) is 23.3. The van der Waals surface area contributed by atoms with Crippen LogP contribution in [0.25, 0.3) is 11.1 Å². The quantitative estimate of drug-likeness (QED) is 0.0981. The molecule has 1 aromatic heterocycles. The van der Waals surface area contributed by atoms with E-state index in [0.29, 0.717) is 44.1 Å². The van der Waals surface area contributed by atoms with Gasteiger partial charge in [-0.3, -0.25) is 4.79 Å². The second-order valence-electron chi connectivity index (χ2n) is 9.80. The average molecular weight is 635 g/mol. The van der Waals surface area contributed by atoms with Crippen LogP contribution in [0.15, 0.2) is 64.7 Å². The predicted octanol–water partition coefficient (Wildman–Crippen LogP) is 5.72. The number of nitrogens with two attached hydrogens (primary N) is 1. The molecule has 4 N–H and O–H groups in total. The molecule has 2 aromatic carbocycles. The van der Waals surface area contributed by atoms with Crippen LogP contribution >= 0.6 is 35.1 Å². The number of esters is 1. The summed E-state index contributed by atoms with van der Waals surface area (Å²) in [6.45, 7) is 1.79. The molecule has 0 aliphatic carbocycles. The molecule has 0 spiro atoms. The fraction of sp³-hybridized carbons (Fsp3) is 0.290. The van der Waals surface area contributed by atoms with Crippen molar-refractivity contribution < 1.29 is 14.3 Å². The molecule has 12 heteroatoms. The summed E-state index contributed by atoms with van der Waals surface area (Å²) in [6.07, 6.45) is 3.38. The molecule has 2 aliphatic rings. The maximum absolute atomic E-state index is 11.2. The van der Waals surface area contributed by atoms with Gasteiger partial charge in [0.25, 0.3) is 0 Å². The first-order chi connectivity index (χ1) is 21.0. The van der Waals surface area contributed by atoms with Gasteiger partial charge in [0.15, 0.2) is 0 Å². The third-order valence-corrected chi connectivity index (χ3v) is 9.34. The summed E-state index contributed by atoms with van der Waals surface area (Å²) in [7, 11) is 0. The fourth-order valence-corrected chi connectivity index (χ4v) is 7.02. The Balaban J connectivity index is 1.39. The van der Waals surface area contributed by atoms with Crippen molar-refractivity contribution in [2.45, 2.75) is 23.2 Å². The average Bonchev–Trinajstić information content (AvgIpc) is 3.75. The minimum absolute atomic E-state index is 0.0999. The highest BCUT2D eigenvalue weighted by molar-refractivity contribution is 8.02. The van der Waals surface area contributed by atoms with Crippen LogP contribution in [-0.4, -0.2) is 55.8 Å². The molecule has 43 heavy (non-hydrogen) atoms. The Morgan fingerprint density at radius 3 is 2.63 bits per heavy atom. The molecule has 0 bridgehead atoms. The number of hydrogen-bond acceptors (Lipinski definition) is 11. The highest BCUT2D eigenvalue weighted by Crippen LogP contribution is 2.41. The van der Waals surface area contributed by atoms with Gasteiger partial charge in [0.1, 0.15) is 46.8 Å². The highest BCUT2D eigenvalue weighted by Gasteiger charge is 2.26. The molecule has 1 saturated heterocycles. The van der Waals surface area contributed by atoms with Crippen molar-refractivity contribution in [1.82, 2.24) is 10.3 Å². The van der Waals surface area contributed by atoms with E-state index in [1.165, 1.54) is 6.21 Å². The Hall–Kier alpha value is -3.69. The van der Waals surface area contributed by atoms with E-state index in [9.17, 15) is 10.1 Å². The predicted molar refractivity (Wildman–Crippen MR) is 173 cm³/mol. The summed E-state index contributed by atoms with van der Waals surface area (Å²) in [4.78, 5) is 18.4. The second-order valence-corrected chi connectivity index (χ2v) is 12.2.